The van der Waals surface area contributed by atoms with E-state index in [0.29, 0.717) is 0 Å². The lowest BCUT2D eigenvalue weighted by Gasteiger charge is -1.98. The number of fused-ring (bicyclic) bond motifs is 8. The van der Waals surface area contributed by atoms with E-state index in [9.17, 15) is 0 Å². The van der Waals surface area contributed by atoms with Crippen LogP contribution in [0.3, 0.4) is 0 Å². The molecule has 0 radical (unpaired) electrons. The van der Waals surface area contributed by atoms with Gasteiger partial charge in [0.25, 0.3) is 0 Å². The Bertz CT molecular complexity index is 1510. The van der Waals surface area contributed by atoms with Gasteiger partial charge < -0.3 is 14.5 Å². The smallest absolute Gasteiger partial charge is 0.141 e. The number of H-pyrrole nitrogens is 2. The second-order valence-corrected chi connectivity index (χ2v) is 7.45. The molecule has 0 spiro atoms. The van der Waals surface area contributed by atoms with Gasteiger partial charge in [0.1, 0.15) is 5.82 Å². The van der Waals surface area contributed by atoms with Crippen LogP contribution in [0.15, 0.2) is 54.9 Å². The fourth-order valence-corrected chi connectivity index (χ4v) is 3.83. The zero-order valence-electron chi connectivity index (χ0n) is 16.3. The Morgan fingerprint density at radius 1 is 0.700 bits per heavy atom. The summed E-state index contributed by atoms with van der Waals surface area (Å²) < 4.78 is 2.01. The maximum absolute atomic E-state index is 4.75. The van der Waals surface area contributed by atoms with Crippen molar-refractivity contribution < 1.29 is 0 Å². The van der Waals surface area contributed by atoms with E-state index in [0.717, 1.165) is 56.2 Å². The number of imidazole rings is 1. The summed E-state index contributed by atoms with van der Waals surface area (Å²) in [7, 11) is 2.00. The lowest BCUT2D eigenvalue weighted by molar-refractivity contribution is 0.926. The number of hydrogen-bond acceptors (Lipinski definition) is 3. The van der Waals surface area contributed by atoms with Crippen LogP contribution in [0.4, 0.5) is 0 Å². The standard InChI is InChI=1S/C24H18N6/c1-30-9-8-25-24(30)22-13-21-12-19-5-4-17(27-19)10-15-2-3-16(26-15)11-18-6-7-20(28-18)14-23(22)29-21/h2-14,26,29H,1H3. The average molecular weight is 390 g/mol. The van der Waals surface area contributed by atoms with Crippen molar-refractivity contribution in [2.75, 3.05) is 0 Å². The number of aromatic nitrogens is 6. The maximum Gasteiger partial charge on any atom is 0.141 e. The Morgan fingerprint density at radius 2 is 1.30 bits per heavy atom. The molecule has 0 aliphatic carbocycles. The molecule has 0 saturated carbocycles. The second-order valence-electron chi connectivity index (χ2n) is 7.45. The van der Waals surface area contributed by atoms with Crippen LogP contribution >= 0.6 is 0 Å². The molecule has 0 saturated heterocycles. The Kier molecular flexibility index (Phi) is 3.58. The molecule has 8 bridgehead atoms. The van der Waals surface area contributed by atoms with E-state index in [-0.39, 0.29) is 0 Å². The SMILES string of the molecule is Cn1ccnc1-c1cc2cc3nc(cc4ccc(cc5nc(cc1[nH]2)C=C5)[nH]4)C=C3. The summed E-state index contributed by atoms with van der Waals surface area (Å²) in [6.07, 6.45) is 11.9. The third-order valence-corrected chi connectivity index (χ3v) is 5.23. The van der Waals surface area contributed by atoms with E-state index in [4.69, 9.17) is 9.97 Å². The average Bonchev–Trinajstić information content (AvgIpc) is 3.51. The Labute approximate surface area is 172 Å². The monoisotopic (exact) mass is 390 g/mol. The molecule has 0 atom stereocenters. The van der Waals surface area contributed by atoms with Gasteiger partial charge in [-0.05, 0) is 66.8 Å². The predicted molar refractivity (Wildman–Crippen MR) is 121 cm³/mol. The first-order valence-electron chi connectivity index (χ1n) is 9.76. The zero-order chi connectivity index (χ0) is 20.1. The molecule has 0 fully saturated rings. The van der Waals surface area contributed by atoms with Gasteiger partial charge in [-0.15, -0.1) is 0 Å². The van der Waals surface area contributed by atoms with Crippen LogP contribution < -0.4 is 0 Å². The minimum Gasteiger partial charge on any atom is -0.355 e. The van der Waals surface area contributed by atoms with Crippen molar-refractivity contribution in [3.8, 4) is 11.4 Å². The topological polar surface area (TPSA) is 75.2 Å². The van der Waals surface area contributed by atoms with Gasteiger partial charge in [-0.3, -0.25) is 0 Å². The van der Waals surface area contributed by atoms with E-state index < -0.39 is 0 Å². The molecular formula is C24H18N6. The van der Waals surface area contributed by atoms with Gasteiger partial charge in [-0.2, -0.15) is 0 Å². The van der Waals surface area contributed by atoms with Crippen molar-refractivity contribution in [3.05, 3.63) is 77.6 Å². The quantitative estimate of drug-likeness (QED) is 0.412. The van der Waals surface area contributed by atoms with Crippen molar-refractivity contribution >= 4 is 46.4 Å². The van der Waals surface area contributed by atoms with Gasteiger partial charge in [-0.25, -0.2) is 15.0 Å². The Morgan fingerprint density at radius 3 is 1.90 bits per heavy atom. The molecule has 4 aromatic heterocycles. The minimum atomic E-state index is 0.893. The molecule has 6 heterocycles. The van der Waals surface area contributed by atoms with E-state index in [2.05, 4.69) is 27.1 Å². The summed E-state index contributed by atoms with van der Waals surface area (Å²) in [6, 6.07) is 14.4. The number of rotatable bonds is 1. The van der Waals surface area contributed by atoms with Crippen LogP contribution in [0.5, 0.6) is 0 Å². The molecule has 144 valence electrons. The van der Waals surface area contributed by atoms with Crippen LogP contribution in [0, 0.1) is 0 Å². The third kappa shape index (κ3) is 2.95. The number of aryl methyl sites for hydroxylation is 1. The van der Waals surface area contributed by atoms with Crippen LogP contribution in [0.25, 0.3) is 57.8 Å². The molecule has 2 aliphatic heterocycles. The van der Waals surface area contributed by atoms with E-state index in [1.165, 1.54) is 0 Å². The van der Waals surface area contributed by atoms with Gasteiger partial charge in [0.15, 0.2) is 0 Å². The summed E-state index contributed by atoms with van der Waals surface area (Å²) in [6.45, 7) is 0. The number of aromatic amines is 2. The van der Waals surface area contributed by atoms with Gasteiger partial charge >= 0.3 is 0 Å². The van der Waals surface area contributed by atoms with Gasteiger partial charge in [-0.1, -0.05) is 0 Å². The fraction of sp³-hybridized carbons (Fsp3) is 0.0417. The van der Waals surface area contributed by atoms with Gasteiger partial charge in [0.2, 0.25) is 0 Å². The molecule has 0 unspecified atom stereocenters. The number of nitrogens with one attached hydrogen (secondary N) is 2. The fourth-order valence-electron chi connectivity index (χ4n) is 3.83. The first-order valence-corrected chi connectivity index (χ1v) is 9.76. The van der Waals surface area contributed by atoms with Crippen molar-refractivity contribution in [2.45, 2.75) is 0 Å². The molecule has 2 aliphatic rings. The summed E-state index contributed by atoms with van der Waals surface area (Å²) in [5.74, 6) is 0.900. The second kappa shape index (κ2) is 6.42. The van der Waals surface area contributed by atoms with Crippen molar-refractivity contribution in [2.24, 2.45) is 7.05 Å². The number of hydrogen-bond donors (Lipinski definition) is 2. The highest BCUT2D eigenvalue weighted by atomic mass is 15.0. The van der Waals surface area contributed by atoms with Crippen molar-refractivity contribution in [3.63, 3.8) is 0 Å². The van der Waals surface area contributed by atoms with Gasteiger partial charge in [0.05, 0.1) is 28.3 Å². The first kappa shape index (κ1) is 16.7. The highest BCUT2D eigenvalue weighted by Gasteiger charge is 2.10. The molecule has 0 aromatic carbocycles. The minimum absolute atomic E-state index is 0.893. The Hall–Kier alpha value is -4.19. The Balaban J connectivity index is 1.70. The lowest BCUT2D eigenvalue weighted by atomic mass is 10.2. The van der Waals surface area contributed by atoms with Crippen LogP contribution in [0.1, 0.15) is 22.8 Å². The largest absolute Gasteiger partial charge is 0.355 e. The summed E-state index contributed by atoms with van der Waals surface area (Å²) in [5, 5.41) is 0. The van der Waals surface area contributed by atoms with Crippen molar-refractivity contribution in [1.29, 1.82) is 0 Å². The molecule has 0 amide bonds. The number of nitrogens with zero attached hydrogens (tertiary/aromatic N) is 4. The van der Waals surface area contributed by atoms with Crippen LogP contribution in [-0.2, 0) is 7.05 Å². The third-order valence-electron chi connectivity index (χ3n) is 5.23. The normalized spacial score (nSPS) is 12.6. The predicted octanol–water partition coefficient (Wildman–Crippen LogP) is 5.06. The summed E-state index contributed by atoms with van der Waals surface area (Å²) in [4.78, 5) is 20.9. The molecule has 6 rings (SSSR count). The lowest BCUT2D eigenvalue weighted by Crippen LogP contribution is -1.89. The van der Waals surface area contributed by atoms with E-state index >= 15 is 0 Å². The van der Waals surface area contributed by atoms with Crippen LogP contribution in [0.2, 0.25) is 0 Å². The van der Waals surface area contributed by atoms with E-state index in [1.54, 1.807) is 0 Å². The maximum atomic E-state index is 4.75. The van der Waals surface area contributed by atoms with Crippen LogP contribution in [-0.4, -0.2) is 29.5 Å². The summed E-state index contributed by atoms with van der Waals surface area (Å²) >= 11 is 0. The highest BCUT2D eigenvalue weighted by Crippen LogP contribution is 2.26. The van der Waals surface area contributed by atoms with Crippen molar-refractivity contribution in [1.82, 2.24) is 29.5 Å². The first-order chi connectivity index (χ1) is 14.7. The molecule has 6 nitrogen and oxygen atoms in total. The molecule has 4 aromatic rings. The molecular weight excluding hydrogens is 372 g/mol. The zero-order valence-corrected chi connectivity index (χ0v) is 16.3. The van der Waals surface area contributed by atoms with Gasteiger partial charge in [0, 0.05) is 41.6 Å². The van der Waals surface area contributed by atoms with E-state index in [1.807, 2.05) is 78.6 Å². The highest BCUT2D eigenvalue weighted by molar-refractivity contribution is 5.85. The molecule has 6 heteroatoms. The molecule has 2 N–H and O–H groups in total. The molecule has 30 heavy (non-hydrogen) atoms. The summed E-state index contributed by atoms with van der Waals surface area (Å²) in [5.41, 5.74) is 8.60.